The second kappa shape index (κ2) is 8.59. The molecule has 6 heteroatoms. The van der Waals surface area contributed by atoms with Crippen LogP contribution < -0.4 is 15.4 Å². The Kier molecular flexibility index (Phi) is 5.96. The van der Waals surface area contributed by atoms with Gasteiger partial charge >= 0.3 is 0 Å². The van der Waals surface area contributed by atoms with Crippen LogP contribution in [-0.2, 0) is 0 Å². The molecule has 0 atom stereocenters. The van der Waals surface area contributed by atoms with Gasteiger partial charge in [-0.05, 0) is 79.2 Å². The van der Waals surface area contributed by atoms with Gasteiger partial charge in [0.1, 0.15) is 5.75 Å². The first kappa shape index (κ1) is 19.5. The zero-order chi connectivity index (χ0) is 20.1. The average Bonchev–Trinajstić information content (AvgIpc) is 2.70. The molecule has 0 aromatic heterocycles. The van der Waals surface area contributed by atoms with Crippen LogP contribution in [0.15, 0.2) is 66.7 Å². The molecule has 0 aliphatic heterocycles. The van der Waals surface area contributed by atoms with E-state index in [2.05, 4.69) is 10.6 Å². The second-order valence-corrected chi connectivity index (χ2v) is 6.61. The Hall–Kier alpha value is -3.31. The monoisotopic (exact) mass is 394 g/mol. The third-order valence-electron chi connectivity index (χ3n) is 4.19. The third kappa shape index (κ3) is 4.69. The molecule has 0 aliphatic carbocycles. The van der Waals surface area contributed by atoms with Crippen molar-refractivity contribution < 1.29 is 14.3 Å². The molecule has 0 heterocycles. The summed E-state index contributed by atoms with van der Waals surface area (Å²) in [4.78, 5) is 24.8. The van der Waals surface area contributed by atoms with Crippen molar-refractivity contribution in [3.63, 3.8) is 0 Å². The number of halogens is 1. The third-order valence-corrected chi connectivity index (χ3v) is 4.43. The number of aryl methyl sites for hydroxylation is 1. The van der Waals surface area contributed by atoms with E-state index in [1.54, 1.807) is 73.8 Å². The molecule has 2 N–H and O–H groups in total. The van der Waals surface area contributed by atoms with Gasteiger partial charge in [-0.3, -0.25) is 9.59 Å². The van der Waals surface area contributed by atoms with E-state index < -0.39 is 0 Å². The molecule has 0 saturated carbocycles. The maximum atomic E-state index is 12.4. The summed E-state index contributed by atoms with van der Waals surface area (Å²) in [5.74, 6) is 0.197. The van der Waals surface area contributed by atoms with Crippen molar-refractivity contribution in [1.82, 2.24) is 0 Å². The quantitative estimate of drug-likeness (QED) is 0.628. The molecule has 3 aromatic rings. The van der Waals surface area contributed by atoms with Crippen molar-refractivity contribution >= 4 is 34.8 Å². The molecule has 142 valence electrons. The molecular formula is C22H19ClN2O3. The van der Waals surface area contributed by atoms with Gasteiger partial charge in [-0.1, -0.05) is 11.6 Å². The molecule has 0 spiro atoms. The minimum atomic E-state index is -0.259. The highest BCUT2D eigenvalue weighted by Gasteiger charge is 2.11. The zero-order valence-electron chi connectivity index (χ0n) is 15.5. The van der Waals surface area contributed by atoms with Crippen LogP contribution in [0, 0.1) is 6.92 Å². The van der Waals surface area contributed by atoms with Gasteiger partial charge in [0.25, 0.3) is 11.8 Å². The van der Waals surface area contributed by atoms with Gasteiger partial charge in [-0.2, -0.15) is 0 Å². The largest absolute Gasteiger partial charge is 0.497 e. The van der Waals surface area contributed by atoms with Crippen LogP contribution in [0.25, 0.3) is 0 Å². The van der Waals surface area contributed by atoms with Crippen LogP contribution in [0.2, 0.25) is 5.02 Å². The summed E-state index contributed by atoms with van der Waals surface area (Å²) in [5.41, 5.74) is 3.13. The number of ether oxygens (including phenoxy) is 1. The maximum Gasteiger partial charge on any atom is 0.255 e. The summed E-state index contributed by atoms with van der Waals surface area (Å²) in [6.07, 6.45) is 0. The Balaban J connectivity index is 1.66. The highest BCUT2D eigenvalue weighted by Crippen LogP contribution is 2.21. The zero-order valence-corrected chi connectivity index (χ0v) is 16.2. The first-order valence-electron chi connectivity index (χ1n) is 8.59. The van der Waals surface area contributed by atoms with E-state index in [4.69, 9.17) is 16.3 Å². The number of rotatable bonds is 5. The van der Waals surface area contributed by atoms with Crippen LogP contribution in [0.4, 0.5) is 11.4 Å². The first-order valence-corrected chi connectivity index (χ1v) is 8.97. The van der Waals surface area contributed by atoms with Crippen LogP contribution in [0.1, 0.15) is 26.3 Å². The van der Waals surface area contributed by atoms with E-state index in [0.29, 0.717) is 33.3 Å². The fourth-order valence-electron chi connectivity index (χ4n) is 2.61. The highest BCUT2D eigenvalue weighted by molar-refractivity contribution is 6.30. The summed E-state index contributed by atoms with van der Waals surface area (Å²) in [6.45, 7) is 1.87. The molecule has 0 unspecified atom stereocenters. The summed E-state index contributed by atoms with van der Waals surface area (Å²) < 4.78 is 5.09. The minimum absolute atomic E-state index is 0.257. The lowest BCUT2D eigenvalue weighted by atomic mass is 10.1. The van der Waals surface area contributed by atoms with E-state index in [0.717, 1.165) is 5.56 Å². The van der Waals surface area contributed by atoms with Gasteiger partial charge in [0.05, 0.1) is 7.11 Å². The molecule has 0 bridgehead atoms. The predicted molar refractivity (Wildman–Crippen MR) is 112 cm³/mol. The van der Waals surface area contributed by atoms with Crippen molar-refractivity contribution in [1.29, 1.82) is 0 Å². The van der Waals surface area contributed by atoms with Crippen molar-refractivity contribution in [2.24, 2.45) is 0 Å². The van der Waals surface area contributed by atoms with Crippen LogP contribution in [0.5, 0.6) is 5.75 Å². The Morgan fingerprint density at radius 2 is 1.39 bits per heavy atom. The summed E-state index contributed by atoms with van der Waals surface area (Å²) in [7, 11) is 1.58. The Bertz CT molecular complexity index is 999. The number of hydrogen-bond donors (Lipinski definition) is 2. The molecule has 0 aliphatic rings. The minimum Gasteiger partial charge on any atom is -0.497 e. The molecule has 28 heavy (non-hydrogen) atoms. The normalized spacial score (nSPS) is 10.2. The van der Waals surface area contributed by atoms with Crippen LogP contribution >= 0.6 is 11.6 Å². The van der Waals surface area contributed by atoms with Gasteiger partial charge in [-0.25, -0.2) is 0 Å². The Labute approximate surface area is 168 Å². The standard InChI is InChI=1S/C22H19ClN2O3/c1-14-13-17(23)7-12-20(14)25-22(27)16-5-3-15(4-6-16)21(26)24-18-8-10-19(28-2)11-9-18/h3-13H,1-2H3,(H,24,26)(H,25,27). The number of methoxy groups -OCH3 is 1. The molecule has 3 aromatic carbocycles. The van der Waals surface area contributed by atoms with Gasteiger partial charge in [0.15, 0.2) is 0 Å². The fourth-order valence-corrected chi connectivity index (χ4v) is 2.84. The van der Waals surface area contributed by atoms with Crippen molar-refractivity contribution in [3.8, 4) is 5.75 Å². The molecule has 2 amide bonds. The summed E-state index contributed by atoms with van der Waals surface area (Å²) >= 11 is 5.93. The van der Waals surface area contributed by atoms with E-state index in [1.807, 2.05) is 6.92 Å². The lowest BCUT2D eigenvalue weighted by Crippen LogP contribution is -2.14. The number of nitrogens with one attached hydrogen (secondary N) is 2. The summed E-state index contributed by atoms with van der Waals surface area (Å²) in [6, 6.07) is 18.8. The molecule has 5 nitrogen and oxygen atoms in total. The van der Waals surface area contributed by atoms with Gasteiger partial charge in [0, 0.05) is 27.5 Å². The van der Waals surface area contributed by atoms with Crippen molar-refractivity contribution in [3.05, 3.63) is 88.4 Å². The molecule has 3 rings (SSSR count). The number of carbonyl (C=O) groups excluding carboxylic acids is 2. The number of amides is 2. The highest BCUT2D eigenvalue weighted by atomic mass is 35.5. The lowest BCUT2D eigenvalue weighted by molar-refractivity contribution is 0.101. The number of anilines is 2. The van der Waals surface area contributed by atoms with Gasteiger partial charge in [0.2, 0.25) is 0 Å². The maximum absolute atomic E-state index is 12.4. The Morgan fingerprint density at radius 3 is 1.93 bits per heavy atom. The first-order chi connectivity index (χ1) is 13.5. The van der Waals surface area contributed by atoms with Crippen molar-refractivity contribution in [2.45, 2.75) is 6.92 Å². The Morgan fingerprint density at radius 1 is 0.821 bits per heavy atom. The van der Waals surface area contributed by atoms with Gasteiger partial charge in [-0.15, -0.1) is 0 Å². The molecule has 0 saturated heterocycles. The topological polar surface area (TPSA) is 67.4 Å². The fraction of sp³-hybridized carbons (Fsp3) is 0.0909. The summed E-state index contributed by atoms with van der Waals surface area (Å²) in [5, 5.41) is 6.26. The van der Waals surface area contributed by atoms with E-state index in [1.165, 1.54) is 0 Å². The number of carbonyl (C=O) groups is 2. The second-order valence-electron chi connectivity index (χ2n) is 6.17. The number of benzene rings is 3. The predicted octanol–water partition coefficient (Wildman–Crippen LogP) is 5.16. The lowest BCUT2D eigenvalue weighted by Gasteiger charge is -2.10. The molecule has 0 fully saturated rings. The number of hydrogen-bond acceptors (Lipinski definition) is 3. The molecule has 0 radical (unpaired) electrons. The smallest absolute Gasteiger partial charge is 0.255 e. The van der Waals surface area contributed by atoms with Gasteiger partial charge < -0.3 is 15.4 Å². The van der Waals surface area contributed by atoms with E-state index in [9.17, 15) is 9.59 Å². The SMILES string of the molecule is COc1ccc(NC(=O)c2ccc(C(=O)Nc3ccc(Cl)cc3C)cc2)cc1. The van der Waals surface area contributed by atoms with Crippen LogP contribution in [0.3, 0.4) is 0 Å². The van der Waals surface area contributed by atoms with E-state index in [-0.39, 0.29) is 11.8 Å². The van der Waals surface area contributed by atoms with Crippen molar-refractivity contribution in [2.75, 3.05) is 17.7 Å². The molecular weight excluding hydrogens is 376 g/mol. The van der Waals surface area contributed by atoms with E-state index >= 15 is 0 Å². The van der Waals surface area contributed by atoms with Crippen LogP contribution in [-0.4, -0.2) is 18.9 Å². The average molecular weight is 395 g/mol.